The van der Waals surface area contributed by atoms with Crippen molar-refractivity contribution in [2.45, 2.75) is 49.6 Å². The van der Waals surface area contributed by atoms with Gasteiger partial charge in [0.05, 0.1) is 5.41 Å². The first-order chi connectivity index (χ1) is 16.4. The molecule has 6 rings (SSSR count). The predicted molar refractivity (Wildman–Crippen MR) is 124 cm³/mol. The van der Waals surface area contributed by atoms with Gasteiger partial charge in [-0.25, -0.2) is 9.59 Å². The third kappa shape index (κ3) is 3.06. The fraction of sp³-hybridized carbons (Fsp3) is 0.444. The number of alkyl carbamates (subject to hydrolysis) is 1. The number of carbonyl (C=O) groups is 3. The first kappa shape index (κ1) is 21.2. The molecule has 3 saturated carbocycles. The number of carbonyl (C=O) groups excluding carboxylic acids is 2. The zero-order valence-electron chi connectivity index (χ0n) is 19.1. The quantitative estimate of drug-likeness (QED) is 0.684. The number of carboxylic acids is 1. The van der Waals surface area contributed by atoms with Crippen LogP contribution in [0.1, 0.15) is 49.1 Å². The molecule has 0 spiro atoms. The molecule has 4 aliphatic rings. The summed E-state index contributed by atoms with van der Waals surface area (Å²) in [7, 11) is 1.61. The van der Waals surface area contributed by atoms with Gasteiger partial charge < -0.3 is 20.1 Å². The summed E-state index contributed by atoms with van der Waals surface area (Å²) in [6.07, 6.45) is 2.59. The Bertz CT molecular complexity index is 1160. The average Bonchev–Trinajstić information content (AvgIpc) is 3.72. The minimum Gasteiger partial charge on any atom is -0.479 e. The summed E-state index contributed by atoms with van der Waals surface area (Å²) < 4.78 is 5.67. The Balaban J connectivity index is 1.07. The average molecular weight is 461 g/mol. The normalized spacial score (nSPS) is 27.2. The summed E-state index contributed by atoms with van der Waals surface area (Å²) in [5, 5.41) is 12.5. The number of hydrogen-bond donors (Lipinski definition) is 2. The topological polar surface area (TPSA) is 95.9 Å². The molecule has 0 saturated heterocycles. The van der Waals surface area contributed by atoms with E-state index in [0.29, 0.717) is 19.3 Å². The van der Waals surface area contributed by atoms with Gasteiger partial charge in [0.15, 0.2) is 0 Å². The third-order valence-electron chi connectivity index (χ3n) is 8.57. The van der Waals surface area contributed by atoms with Gasteiger partial charge in [0.25, 0.3) is 0 Å². The Morgan fingerprint density at radius 3 is 2.24 bits per heavy atom. The standard InChI is InChI=1S/C27H28N2O5/c1-29(27(10-11-27)24(31)32)23(30)26-13-16(26)12-17(14-26)28-25(33)34-15-22-20-8-4-2-6-18(20)19-7-3-5-9-21(19)22/h2-9,16-17,22H,10-15H2,1H3,(H,28,33)(H,31,32)/t16-,17+,26+/m1/s1. The van der Waals surface area contributed by atoms with Gasteiger partial charge in [0.1, 0.15) is 12.1 Å². The van der Waals surface area contributed by atoms with Crippen LogP contribution in [-0.2, 0) is 14.3 Å². The highest BCUT2D eigenvalue weighted by atomic mass is 16.5. The van der Waals surface area contributed by atoms with Crippen molar-refractivity contribution < 1.29 is 24.2 Å². The van der Waals surface area contributed by atoms with Crippen LogP contribution >= 0.6 is 0 Å². The van der Waals surface area contributed by atoms with Gasteiger partial charge in [-0.1, -0.05) is 48.5 Å². The Hall–Kier alpha value is -3.35. The van der Waals surface area contributed by atoms with Crippen molar-refractivity contribution in [3.8, 4) is 11.1 Å². The number of ether oxygens (including phenoxy) is 1. The van der Waals surface area contributed by atoms with E-state index in [4.69, 9.17) is 4.74 Å². The SMILES string of the molecule is CN(C(=O)[C@@]12C[C@@H](NC(=O)OCC3c4ccccc4-c4ccccc43)C[C@@H]1C2)C1(C(=O)O)CC1. The first-order valence-electron chi connectivity index (χ1n) is 12.0. The van der Waals surface area contributed by atoms with Crippen LogP contribution in [0, 0.1) is 11.3 Å². The molecule has 2 N–H and O–H groups in total. The molecule has 7 heteroatoms. The van der Waals surface area contributed by atoms with E-state index in [-0.39, 0.29) is 30.4 Å². The van der Waals surface area contributed by atoms with Crippen LogP contribution in [0.3, 0.4) is 0 Å². The maximum Gasteiger partial charge on any atom is 0.407 e. The summed E-state index contributed by atoms with van der Waals surface area (Å²) in [6.45, 7) is 0.254. The minimum absolute atomic E-state index is 0.00227. The van der Waals surface area contributed by atoms with Crippen LogP contribution < -0.4 is 5.32 Å². The van der Waals surface area contributed by atoms with Gasteiger partial charge in [-0.3, -0.25) is 4.79 Å². The lowest BCUT2D eigenvalue weighted by Crippen LogP contribution is -2.48. The van der Waals surface area contributed by atoms with Crippen molar-refractivity contribution in [2.75, 3.05) is 13.7 Å². The predicted octanol–water partition coefficient (Wildman–Crippen LogP) is 3.77. The number of amides is 2. The van der Waals surface area contributed by atoms with E-state index in [1.54, 1.807) is 7.05 Å². The summed E-state index contributed by atoms with van der Waals surface area (Å²) in [6, 6.07) is 16.3. The largest absolute Gasteiger partial charge is 0.479 e. The van der Waals surface area contributed by atoms with Crippen molar-refractivity contribution >= 4 is 18.0 Å². The monoisotopic (exact) mass is 460 g/mol. The fourth-order valence-corrected chi connectivity index (χ4v) is 6.41. The zero-order valence-corrected chi connectivity index (χ0v) is 19.1. The molecule has 176 valence electrons. The Morgan fingerprint density at radius 1 is 1.03 bits per heavy atom. The smallest absolute Gasteiger partial charge is 0.407 e. The Kier molecular flexibility index (Phi) is 4.57. The lowest BCUT2D eigenvalue weighted by molar-refractivity contribution is -0.153. The second-order valence-corrected chi connectivity index (χ2v) is 10.4. The highest BCUT2D eigenvalue weighted by Gasteiger charge is 2.68. The molecule has 0 radical (unpaired) electrons. The molecule has 0 aliphatic heterocycles. The lowest BCUT2D eigenvalue weighted by Gasteiger charge is -2.29. The van der Waals surface area contributed by atoms with E-state index in [9.17, 15) is 19.5 Å². The van der Waals surface area contributed by atoms with Crippen molar-refractivity contribution in [1.82, 2.24) is 10.2 Å². The summed E-state index contributed by atoms with van der Waals surface area (Å²) in [5.41, 5.74) is 3.14. The van der Waals surface area contributed by atoms with Crippen molar-refractivity contribution in [3.63, 3.8) is 0 Å². The van der Waals surface area contributed by atoms with E-state index in [1.807, 2.05) is 24.3 Å². The third-order valence-corrected chi connectivity index (χ3v) is 8.57. The molecule has 34 heavy (non-hydrogen) atoms. The highest BCUT2D eigenvalue weighted by molar-refractivity contribution is 5.94. The summed E-state index contributed by atoms with van der Waals surface area (Å²) in [4.78, 5) is 38.9. The van der Waals surface area contributed by atoms with E-state index >= 15 is 0 Å². The number of benzene rings is 2. The molecule has 0 unspecified atom stereocenters. The molecule has 7 nitrogen and oxygen atoms in total. The van der Waals surface area contributed by atoms with Gasteiger partial charge in [-0.15, -0.1) is 0 Å². The molecule has 3 atom stereocenters. The van der Waals surface area contributed by atoms with Crippen LogP contribution in [0.4, 0.5) is 4.79 Å². The summed E-state index contributed by atoms with van der Waals surface area (Å²) in [5.74, 6) is -0.814. The van der Waals surface area contributed by atoms with Crippen LogP contribution in [0.25, 0.3) is 11.1 Å². The molecule has 2 aromatic rings. The van der Waals surface area contributed by atoms with E-state index in [2.05, 4.69) is 29.6 Å². The number of carboxylic acid groups (broad SMARTS) is 1. The molecule has 3 fully saturated rings. The molecular weight excluding hydrogens is 432 g/mol. The van der Waals surface area contributed by atoms with Crippen molar-refractivity contribution in [3.05, 3.63) is 59.7 Å². The number of hydrogen-bond acceptors (Lipinski definition) is 4. The van der Waals surface area contributed by atoms with Crippen molar-refractivity contribution in [2.24, 2.45) is 11.3 Å². The van der Waals surface area contributed by atoms with Crippen LogP contribution in [0.15, 0.2) is 48.5 Å². The minimum atomic E-state index is -1.03. The second kappa shape index (κ2) is 7.32. The zero-order chi connectivity index (χ0) is 23.7. The van der Waals surface area contributed by atoms with Crippen LogP contribution in [-0.4, -0.2) is 53.2 Å². The number of aliphatic carboxylic acids is 1. The van der Waals surface area contributed by atoms with Gasteiger partial charge in [0, 0.05) is 19.0 Å². The molecule has 4 aliphatic carbocycles. The number of nitrogens with zero attached hydrogens (tertiary/aromatic N) is 1. The molecule has 0 aromatic heterocycles. The van der Waals surface area contributed by atoms with E-state index in [0.717, 1.165) is 12.8 Å². The van der Waals surface area contributed by atoms with Gasteiger partial charge >= 0.3 is 12.1 Å². The second-order valence-electron chi connectivity index (χ2n) is 10.4. The molecule has 2 aromatic carbocycles. The molecule has 0 heterocycles. The number of nitrogens with one attached hydrogen (secondary N) is 1. The fourth-order valence-electron chi connectivity index (χ4n) is 6.41. The van der Waals surface area contributed by atoms with Crippen LogP contribution in [0.2, 0.25) is 0 Å². The maximum absolute atomic E-state index is 13.2. The van der Waals surface area contributed by atoms with Gasteiger partial charge in [0.2, 0.25) is 5.91 Å². The number of rotatable bonds is 6. The summed E-state index contributed by atoms with van der Waals surface area (Å²) >= 11 is 0. The van der Waals surface area contributed by atoms with Gasteiger partial charge in [-0.2, -0.15) is 0 Å². The molecule has 0 bridgehead atoms. The number of likely N-dealkylation sites (N-methyl/N-ethyl adjacent to an activating group) is 1. The maximum atomic E-state index is 13.2. The first-order valence-corrected chi connectivity index (χ1v) is 12.0. The molecule has 2 amide bonds. The Labute approximate surface area is 198 Å². The lowest BCUT2D eigenvalue weighted by atomic mass is 9.98. The number of fused-ring (bicyclic) bond motifs is 4. The van der Waals surface area contributed by atoms with E-state index in [1.165, 1.54) is 27.2 Å². The van der Waals surface area contributed by atoms with Crippen LogP contribution in [0.5, 0.6) is 0 Å². The van der Waals surface area contributed by atoms with E-state index < -0.39 is 23.0 Å². The van der Waals surface area contributed by atoms with Gasteiger partial charge in [-0.05, 0) is 60.3 Å². The molecular formula is C27H28N2O5. The van der Waals surface area contributed by atoms with Crippen molar-refractivity contribution in [1.29, 1.82) is 0 Å². The Morgan fingerprint density at radius 2 is 1.65 bits per heavy atom. The highest BCUT2D eigenvalue weighted by Crippen LogP contribution is 2.65.